The predicted octanol–water partition coefficient (Wildman–Crippen LogP) is 0.468. The molecule has 0 aromatic heterocycles. The van der Waals surface area contributed by atoms with Gasteiger partial charge in [-0.25, -0.2) is 4.79 Å². The van der Waals surface area contributed by atoms with Gasteiger partial charge in [0.25, 0.3) is 0 Å². The van der Waals surface area contributed by atoms with Crippen molar-refractivity contribution in [2.45, 2.75) is 37.8 Å². The summed E-state index contributed by atoms with van der Waals surface area (Å²) in [6.07, 6.45) is -0.335. The molecule has 142 valence electrons. The standard InChI is InChI=1S/C17H22N2O6S/c20-14(6-7-15(21)22)18-12(8-9-26)16(23)19-13(17(24)25)10-11-4-2-1-3-5-11/h1-5,12-13,26H,6-10H2,(H,18,20)(H,19,23)(H,21,22)(H,24,25)/t12?,13-/m1/s1. The maximum absolute atomic E-state index is 12.4. The van der Waals surface area contributed by atoms with Crippen LogP contribution in [0, 0.1) is 0 Å². The number of thiol groups is 1. The molecule has 2 atom stereocenters. The molecule has 0 heterocycles. The Bertz CT molecular complexity index is 637. The van der Waals surface area contributed by atoms with Gasteiger partial charge in [0.2, 0.25) is 11.8 Å². The largest absolute Gasteiger partial charge is 0.481 e. The van der Waals surface area contributed by atoms with Gasteiger partial charge in [-0.1, -0.05) is 30.3 Å². The summed E-state index contributed by atoms with van der Waals surface area (Å²) in [7, 11) is 0. The van der Waals surface area contributed by atoms with Crippen molar-refractivity contribution in [3.8, 4) is 0 Å². The Morgan fingerprint density at radius 3 is 2.15 bits per heavy atom. The zero-order valence-corrected chi connectivity index (χ0v) is 14.9. The fourth-order valence-electron chi connectivity index (χ4n) is 2.21. The summed E-state index contributed by atoms with van der Waals surface area (Å²) in [6, 6.07) is 6.70. The highest BCUT2D eigenvalue weighted by atomic mass is 32.1. The summed E-state index contributed by atoms with van der Waals surface area (Å²) in [5.41, 5.74) is 0.747. The van der Waals surface area contributed by atoms with E-state index >= 15 is 0 Å². The number of carboxylic acid groups (broad SMARTS) is 2. The van der Waals surface area contributed by atoms with Crippen LogP contribution >= 0.6 is 12.6 Å². The van der Waals surface area contributed by atoms with Crippen LogP contribution in [0.25, 0.3) is 0 Å². The Morgan fingerprint density at radius 1 is 0.962 bits per heavy atom. The molecule has 0 saturated heterocycles. The van der Waals surface area contributed by atoms with Gasteiger partial charge in [-0.3, -0.25) is 14.4 Å². The minimum atomic E-state index is -1.19. The number of benzene rings is 1. The first-order valence-corrected chi connectivity index (χ1v) is 8.65. The van der Waals surface area contributed by atoms with E-state index in [0.29, 0.717) is 0 Å². The fraction of sp³-hybridized carbons (Fsp3) is 0.412. The van der Waals surface area contributed by atoms with Crippen molar-refractivity contribution in [1.29, 1.82) is 0 Å². The van der Waals surface area contributed by atoms with Crippen LogP contribution in [-0.4, -0.2) is 51.8 Å². The number of carbonyl (C=O) groups is 4. The first-order chi connectivity index (χ1) is 12.3. The van der Waals surface area contributed by atoms with Crippen molar-refractivity contribution in [3.63, 3.8) is 0 Å². The van der Waals surface area contributed by atoms with Crippen LogP contribution in [0.15, 0.2) is 30.3 Å². The third-order valence-electron chi connectivity index (χ3n) is 3.53. The Hall–Kier alpha value is -2.55. The normalized spacial score (nSPS) is 12.7. The van der Waals surface area contributed by atoms with Crippen LogP contribution in [0.2, 0.25) is 0 Å². The second-order valence-electron chi connectivity index (χ2n) is 5.62. The van der Waals surface area contributed by atoms with Crippen LogP contribution in [0.3, 0.4) is 0 Å². The van der Waals surface area contributed by atoms with Crippen LogP contribution < -0.4 is 10.6 Å². The Labute approximate surface area is 156 Å². The minimum Gasteiger partial charge on any atom is -0.481 e. The molecule has 1 unspecified atom stereocenters. The third kappa shape index (κ3) is 8.02. The summed E-state index contributed by atoms with van der Waals surface area (Å²) in [4.78, 5) is 46.1. The monoisotopic (exact) mass is 382 g/mol. The molecule has 1 rings (SSSR count). The van der Waals surface area contributed by atoms with Gasteiger partial charge in [0.05, 0.1) is 6.42 Å². The van der Waals surface area contributed by atoms with Gasteiger partial charge in [-0.05, 0) is 17.7 Å². The number of hydrogen-bond acceptors (Lipinski definition) is 5. The molecule has 26 heavy (non-hydrogen) atoms. The molecule has 2 amide bonds. The van der Waals surface area contributed by atoms with Gasteiger partial charge in [-0.2, -0.15) is 12.6 Å². The van der Waals surface area contributed by atoms with E-state index in [1.165, 1.54) is 0 Å². The molecule has 0 radical (unpaired) electrons. The maximum atomic E-state index is 12.4. The number of rotatable bonds is 11. The summed E-state index contributed by atoms with van der Waals surface area (Å²) < 4.78 is 0. The molecule has 0 aliphatic heterocycles. The minimum absolute atomic E-state index is 0.0997. The lowest BCUT2D eigenvalue weighted by Crippen LogP contribution is -2.52. The first-order valence-electron chi connectivity index (χ1n) is 8.02. The Kier molecular flexibility index (Phi) is 9.21. The van der Waals surface area contributed by atoms with Crippen molar-refractivity contribution in [2.75, 3.05) is 5.75 Å². The Morgan fingerprint density at radius 2 is 1.62 bits per heavy atom. The van der Waals surface area contributed by atoms with Crippen LogP contribution in [0.5, 0.6) is 0 Å². The smallest absolute Gasteiger partial charge is 0.326 e. The van der Waals surface area contributed by atoms with Gasteiger partial charge >= 0.3 is 11.9 Å². The van der Waals surface area contributed by atoms with Gasteiger partial charge < -0.3 is 20.8 Å². The van der Waals surface area contributed by atoms with Gasteiger partial charge in [0.1, 0.15) is 12.1 Å². The number of hydrogen-bond donors (Lipinski definition) is 5. The molecular formula is C17H22N2O6S. The number of carbonyl (C=O) groups excluding carboxylic acids is 2. The molecule has 0 saturated carbocycles. The third-order valence-corrected chi connectivity index (χ3v) is 3.79. The van der Waals surface area contributed by atoms with Crippen LogP contribution in [0.4, 0.5) is 0 Å². The highest BCUT2D eigenvalue weighted by Gasteiger charge is 2.26. The van der Waals surface area contributed by atoms with Crippen molar-refractivity contribution in [3.05, 3.63) is 35.9 Å². The van der Waals surface area contributed by atoms with Crippen LogP contribution in [0.1, 0.15) is 24.8 Å². The summed E-state index contributed by atoms with van der Waals surface area (Å²) >= 11 is 4.03. The predicted molar refractivity (Wildman–Crippen MR) is 97.0 cm³/mol. The number of nitrogens with one attached hydrogen (secondary N) is 2. The zero-order valence-electron chi connectivity index (χ0n) is 14.1. The quantitative estimate of drug-likeness (QED) is 0.353. The van der Waals surface area contributed by atoms with Crippen molar-refractivity contribution in [1.82, 2.24) is 10.6 Å². The lowest BCUT2D eigenvalue weighted by atomic mass is 10.1. The molecule has 4 N–H and O–H groups in total. The molecule has 0 fully saturated rings. The van der Waals surface area contributed by atoms with E-state index in [0.717, 1.165) is 5.56 Å². The van der Waals surface area contributed by atoms with E-state index in [9.17, 15) is 24.3 Å². The van der Waals surface area contributed by atoms with E-state index in [1.807, 2.05) is 0 Å². The highest BCUT2D eigenvalue weighted by molar-refractivity contribution is 7.80. The lowest BCUT2D eigenvalue weighted by Gasteiger charge is -2.21. The lowest BCUT2D eigenvalue weighted by molar-refractivity contribution is -0.142. The topological polar surface area (TPSA) is 133 Å². The van der Waals surface area contributed by atoms with Gasteiger partial charge in [0.15, 0.2) is 0 Å². The average molecular weight is 382 g/mol. The second kappa shape index (κ2) is 11.1. The summed E-state index contributed by atoms with van der Waals surface area (Å²) in [6.45, 7) is 0. The molecule has 8 nitrogen and oxygen atoms in total. The van der Waals surface area contributed by atoms with Crippen molar-refractivity contribution < 1.29 is 29.4 Å². The van der Waals surface area contributed by atoms with Crippen molar-refractivity contribution in [2.24, 2.45) is 0 Å². The average Bonchev–Trinajstić information content (AvgIpc) is 2.59. The molecule has 0 aliphatic rings. The SMILES string of the molecule is O=C(O)CCC(=O)NC(CCS)C(=O)N[C@H](Cc1ccccc1)C(=O)O. The van der Waals surface area contributed by atoms with E-state index in [-0.39, 0.29) is 31.4 Å². The van der Waals surface area contributed by atoms with E-state index in [1.54, 1.807) is 30.3 Å². The number of amides is 2. The van der Waals surface area contributed by atoms with E-state index in [2.05, 4.69) is 23.3 Å². The van der Waals surface area contributed by atoms with Crippen LogP contribution in [-0.2, 0) is 25.6 Å². The second-order valence-corrected chi connectivity index (χ2v) is 6.06. The molecule has 1 aromatic rings. The molecule has 9 heteroatoms. The molecular weight excluding hydrogens is 360 g/mol. The molecule has 0 aliphatic carbocycles. The first kappa shape index (κ1) is 21.5. The summed E-state index contributed by atoms with van der Waals surface area (Å²) in [5.74, 6) is -3.27. The molecule has 1 aromatic carbocycles. The van der Waals surface area contributed by atoms with E-state index in [4.69, 9.17) is 5.11 Å². The highest BCUT2D eigenvalue weighted by Crippen LogP contribution is 2.05. The zero-order chi connectivity index (χ0) is 19.5. The van der Waals surface area contributed by atoms with Gasteiger partial charge in [-0.15, -0.1) is 0 Å². The molecule has 0 bridgehead atoms. The van der Waals surface area contributed by atoms with Crippen molar-refractivity contribution >= 4 is 36.4 Å². The summed E-state index contributed by atoms with van der Waals surface area (Å²) in [5, 5.41) is 22.8. The fourth-order valence-corrected chi connectivity index (χ4v) is 2.47. The maximum Gasteiger partial charge on any atom is 0.326 e. The Balaban J connectivity index is 2.71. The number of aliphatic carboxylic acids is 2. The molecule has 0 spiro atoms. The van der Waals surface area contributed by atoms with Gasteiger partial charge in [0, 0.05) is 12.8 Å². The number of carboxylic acids is 2. The van der Waals surface area contributed by atoms with E-state index < -0.39 is 35.8 Å².